The summed E-state index contributed by atoms with van der Waals surface area (Å²) in [7, 11) is 0. The average molecular weight is 447 g/mol. The molecule has 0 N–H and O–H groups in total. The molecule has 3 heterocycles. The molecule has 174 valence electrons. The van der Waals surface area contributed by atoms with E-state index in [-0.39, 0.29) is 5.41 Å². The second-order valence-electron chi connectivity index (χ2n) is 10.0. The number of piperidine rings is 1. The number of carbonyl (C=O) groups excluding carboxylic acids is 1. The maximum Gasteiger partial charge on any atom is 0.228 e. The summed E-state index contributed by atoms with van der Waals surface area (Å²) in [6.07, 6.45) is 4.45. The third-order valence-electron chi connectivity index (χ3n) is 7.39. The molecule has 5 nitrogen and oxygen atoms in total. The molecule has 0 radical (unpaired) electrons. The molecule has 2 aliphatic rings. The highest BCUT2D eigenvalue weighted by Gasteiger charge is 2.40. The van der Waals surface area contributed by atoms with E-state index in [4.69, 9.17) is 9.15 Å². The normalized spacial score (nSPS) is 21.7. The van der Waals surface area contributed by atoms with Crippen molar-refractivity contribution in [3.8, 4) is 0 Å². The fourth-order valence-electron chi connectivity index (χ4n) is 5.29. The Balaban J connectivity index is 1.20. The second-order valence-corrected chi connectivity index (χ2v) is 10.0. The van der Waals surface area contributed by atoms with Crippen molar-refractivity contribution in [2.45, 2.75) is 32.7 Å². The van der Waals surface area contributed by atoms with Crippen molar-refractivity contribution in [1.82, 2.24) is 9.80 Å². The summed E-state index contributed by atoms with van der Waals surface area (Å²) in [5.41, 5.74) is 3.22. The summed E-state index contributed by atoms with van der Waals surface area (Å²) >= 11 is 0. The SMILES string of the molecule is CC1(C(=O)N2CCOCC(Cc3ccc4ccoc4c3)C2)CCN(Cc2ccccc2)CC1. The first-order valence-corrected chi connectivity index (χ1v) is 12.2. The zero-order chi connectivity index (χ0) is 22.7. The van der Waals surface area contributed by atoms with E-state index in [1.807, 2.05) is 6.07 Å². The molecule has 33 heavy (non-hydrogen) atoms. The quantitative estimate of drug-likeness (QED) is 0.567. The first-order valence-electron chi connectivity index (χ1n) is 12.2. The topological polar surface area (TPSA) is 45.9 Å². The Morgan fingerprint density at radius 1 is 1.03 bits per heavy atom. The maximum atomic E-state index is 13.7. The lowest BCUT2D eigenvalue weighted by Crippen LogP contribution is -2.50. The lowest BCUT2D eigenvalue weighted by Gasteiger charge is -2.41. The van der Waals surface area contributed by atoms with Gasteiger partial charge < -0.3 is 14.1 Å². The van der Waals surface area contributed by atoms with Gasteiger partial charge in [-0.2, -0.15) is 0 Å². The van der Waals surface area contributed by atoms with Crippen molar-refractivity contribution in [3.63, 3.8) is 0 Å². The molecule has 0 bridgehead atoms. The standard InChI is InChI=1S/C28H34N2O3/c1-28(10-12-29(13-11-28)19-22-5-3-2-4-6-22)27(31)30-14-16-32-21-24(20-30)17-23-7-8-25-9-15-33-26(25)18-23/h2-9,15,18,24H,10-14,16-17,19-21H2,1H3. The van der Waals surface area contributed by atoms with Crippen molar-refractivity contribution in [1.29, 1.82) is 0 Å². The molecular formula is C28H34N2O3. The molecule has 2 aliphatic heterocycles. The molecule has 2 fully saturated rings. The summed E-state index contributed by atoms with van der Waals surface area (Å²) in [5, 5.41) is 1.12. The van der Waals surface area contributed by atoms with E-state index < -0.39 is 0 Å². The predicted molar refractivity (Wildman–Crippen MR) is 130 cm³/mol. The smallest absolute Gasteiger partial charge is 0.228 e. The van der Waals surface area contributed by atoms with Crippen molar-refractivity contribution >= 4 is 16.9 Å². The van der Waals surface area contributed by atoms with Gasteiger partial charge in [-0.25, -0.2) is 0 Å². The summed E-state index contributed by atoms with van der Waals surface area (Å²) in [6.45, 7) is 7.83. The van der Waals surface area contributed by atoms with Gasteiger partial charge in [0.05, 0.1) is 19.5 Å². The van der Waals surface area contributed by atoms with Crippen LogP contribution in [0.15, 0.2) is 65.3 Å². The molecule has 0 spiro atoms. The number of rotatable bonds is 5. The van der Waals surface area contributed by atoms with Gasteiger partial charge in [0.2, 0.25) is 5.91 Å². The van der Waals surface area contributed by atoms with Gasteiger partial charge in [0, 0.05) is 36.4 Å². The predicted octanol–water partition coefficient (Wildman–Crippen LogP) is 4.75. The van der Waals surface area contributed by atoms with E-state index in [0.717, 1.165) is 56.4 Å². The van der Waals surface area contributed by atoms with Crippen LogP contribution in [0.1, 0.15) is 30.9 Å². The first-order chi connectivity index (χ1) is 16.1. The number of nitrogens with zero attached hydrogens (tertiary/aromatic N) is 2. The highest BCUT2D eigenvalue weighted by Crippen LogP contribution is 2.34. The van der Waals surface area contributed by atoms with Crippen LogP contribution in [0.3, 0.4) is 0 Å². The van der Waals surface area contributed by atoms with Gasteiger partial charge in [0.1, 0.15) is 5.58 Å². The van der Waals surface area contributed by atoms with Crippen LogP contribution in [-0.2, 0) is 22.5 Å². The van der Waals surface area contributed by atoms with E-state index in [1.54, 1.807) is 6.26 Å². The maximum absolute atomic E-state index is 13.7. The van der Waals surface area contributed by atoms with Crippen LogP contribution < -0.4 is 0 Å². The lowest BCUT2D eigenvalue weighted by molar-refractivity contribution is -0.144. The Morgan fingerprint density at radius 3 is 2.67 bits per heavy atom. The number of hydrogen-bond donors (Lipinski definition) is 0. The van der Waals surface area contributed by atoms with E-state index in [2.05, 4.69) is 65.3 Å². The van der Waals surface area contributed by atoms with Gasteiger partial charge in [0.25, 0.3) is 0 Å². The minimum atomic E-state index is -0.283. The summed E-state index contributed by atoms with van der Waals surface area (Å²) < 4.78 is 11.5. The van der Waals surface area contributed by atoms with E-state index in [1.165, 1.54) is 11.1 Å². The van der Waals surface area contributed by atoms with Crippen molar-refractivity contribution in [2.75, 3.05) is 39.4 Å². The Bertz CT molecular complexity index is 1070. The fourth-order valence-corrected chi connectivity index (χ4v) is 5.29. The number of hydrogen-bond acceptors (Lipinski definition) is 4. The Labute approximate surface area is 196 Å². The molecule has 2 saturated heterocycles. The van der Waals surface area contributed by atoms with Gasteiger partial charge in [-0.3, -0.25) is 9.69 Å². The van der Waals surface area contributed by atoms with E-state index in [0.29, 0.717) is 31.6 Å². The summed E-state index contributed by atoms with van der Waals surface area (Å²) in [6, 6.07) is 19.0. The highest BCUT2D eigenvalue weighted by atomic mass is 16.5. The molecule has 2 aromatic carbocycles. The molecule has 0 aliphatic carbocycles. The molecule has 3 aromatic rings. The highest BCUT2D eigenvalue weighted by molar-refractivity contribution is 5.82. The fraction of sp³-hybridized carbons (Fsp3) is 0.464. The third-order valence-corrected chi connectivity index (χ3v) is 7.39. The summed E-state index contributed by atoms with van der Waals surface area (Å²) in [5.74, 6) is 0.601. The molecule has 0 saturated carbocycles. The van der Waals surface area contributed by atoms with Crippen LogP contribution in [0, 0.1) is 11.3 Å². The molecular weight excluding hydrogens is 412 g/mol. The van der Waals surface area contributed by atoms with E-state index >= 15 is 0 Å². The zero-order valence-electron chi connectivity index (χ0n) is 19.5. The summed E-state index contributed by atoms with van der Waals surface area (Å²) in [4.78, 5) is 18.2. The zero-order valence-corrected chi connectivity index (χ0v) is 19.5. The molecule has 1 unspecified atom stereocenters. The van der Waals surface area contributed by atoms with Crippen LogP contribution in [0.4, 0.5) is 0 Å². The monoisotopic (exact) mass is 446 g/mol. The van der Waals surface area contributed by atoms with Crippen molar-refractivity contribution in [2.24, 2.45) is 11.3 Å². The molecule has 5 rings (SSSR count). The average Bonchev–Trinajstić information content (AvgIpc) is 3.18. The number of benzene rings is 2. The molecule has 5 heteroatoms. The number of fused-ring (bicyclic) bond motifs is 1. The number of likely N-dealkylation sites (tertiary alicyclic amines) is 1. The van der Waals surface area contributed by atoms with Crippen LogP contribution >= 0.6 is 0 Å². The van der Waals surface area contributed by atoms with Gasteiger partial charge in [0.15, 0.2) is 0 Å². The van der Waals surface area contributed by atoms with Crippen molar-refractivity contribution in [3.05, 3.63) is 72.0 Å². The lowest BCUT2D eigenvalue weighted by atomic mass is 9.78. The minimum absolute atomic E-state index is 0.283. The number of furan rings is 1. The van der Waals surface area contributed by atoms with Gasteiger partial charge >= 0.3 is 0 Å². The Kier molecular flexibility index (Phi) is 6.52. The van der Waals surface area contributed by atoms with Gasteiger partial charge in [-0.05, 0) is 55.6 Å². The second kappa shape index (κ2) is 9.70. The Morgan fingerprint density at radius 2 is 1.85 bits per heavy atom. The largest absolute Gasteiger partial charge is 0.464 e. The first kappa shape index (κ1) is 22.2. The number of carbonyl (C=O) groups is 1. The number of ether oxygens (including phenoxy) is 1. The molecule has 1 atom stereocenters. The number of amides is 1. The minimum Gasteiger partial charge on any atom is -0.464 e. The molecule has 1 amide bonds. The third kappa shape index (κ3) is 5.15. The Hall–Kier alpha value is -2.63. The van der Waals surface area contributed by atoms with Gasteiger partial charge in [-0.15, -0.1) is 0 Å². The van der Waals surface area contributed by atoms with Gasteiger partial charge in [-0.1, -0.05) is 49.4 Å². The van der Waals surface area contributed by atoms with Crippen LogP contribution in [-0.4, -0.2) is 55.1 Å². The molecule has 1 aromatic heterocycles. The van der Waals surface area contributed by atoms with Crippen LogP contribution in [0.5, 0.6) is 0 Å². The van der Waals surface area contributed by atoms with Crippen LogP contribution in [0.2, 0.25) is 0 Å². The van der Waals surface area contributed by atoms with Crippen LogP contribution in [0.25, 0.3) is 11.0 Å². The van der Waals surface area contributed by atoms with Crippen molar-refractivity contribution < 1.29 is 13.9 Å². The van der Waals surface area contributed by atoms with E-state index in [9.17, 15) is 4.79 Å².